The van der Waals surface area contributed by atoms with Crippen LogP contribution < -0.4 is 4.72 Å². The molecule has 0 saturated heterocycles. The third kappa shape index (κ3) is 2.90. The number of aliphatic hydroxyl groups excluding tert-OH is 1. The van der Waals surface area contributed by atoms with Gasteiger partial charge in [0.05, 0.1) is 6.10 Å². The normalized spacial score (nSPS) is 31.7. The molecule has 5 nitrogen and oxygen atoms in total. The van der Waals surface area contributed by atoms with Gasteiger partial charge in [0.1, 0.15) is 0 Å². The molecule has 2 N–H and O–H groups in total. The Morgan fingerprint density at radius 1 is 1.40 bits per heavy atom. The Bertz CT molecular complexity index is 320. The van der Waals surface area contributed by atoms with E-state index in [0.717, 1.165) is 25.7 Å². The van der Waals surface area contributed by atoms with Crippen molar-refractivity contribution in [3.8, 4) is 0 Å². The van der Waals surface area contributed by atoms with E-state index in [1.165, 1.54) is 4.31 Å². The predicted molar refractivity (Wildman–Crippen MR) is 56.4 cm³/mol. The lowest BCUT2D eigenvalue weighted by molar-refractivity contribution is 0.0366. The quantitative estimate of drug-likeness (QED) is 0.685. The summed E-state index contributed by atoms with van der Waals surface area (Å²) >= 11 is 0. The SMILES string of the molecule is CN(CC1CC(O)C1)S(=O)(=O)NC1CC1. The van der Waals surface area contributed by atoms with Crippen LogP contribution in [0.4, 0.5) is 0 Å². The van der Waals surface area contributed by atoms with Crippen LogP contribution in [0.5, 0.6) is 0 Å². The molecule has 2 saturated carbocycles. The van der Waals surface area contributed by atoms with Gasteiger partial charge in [0.15, 0.2) is 0 Å². The van der Waals surface area contributed by atoms with Crippen LogP contribution in [0.25, 0.3) is 0 Å². The van der Waals surface area contributed by atoms with Gasteiger partial charge in [0, 0.05) is 19.6 Å². The fraction of sp³-hybridized carbons (Fsp3) is 1.00. The molecule has 0 aromatic heterocycles. The van der Waals surface area contributed by atoms with E-state index >= 15 is 0 Å². The molecule has 0 heterocycles. The number of nitrogens with one attached hydrogen (secondary N) is 1. The smallest absolute Gasteiger partial charge is 0.279 e. The van der Waals surface area contributed by atoms with Crippen LogP contribution in [0.1, 0.15) is 25.7 Å². The van der Waals surface area contributed by atoms with Gasteiger partial charge in [-0.2, -0.15) is 17.4 Å². The van der Waals surface area contributed by atoms with Crippen molar-refractivity contribution in [2.75, 3.05) is 13.6 Å². The molecule has 0 spiro atoms. The van der Waals surface area contributed by atoms with Crippen molar-refractivity contribution in [1.82, 2.24) is 9.03 Å². The highest BCUT2D eigenvalue weighted by Crippen LogP contribution is 2.28. The first-order chi connectivity index (χ1) is 6.97. The zero-order chi connectivity index (χ0) is 11.1. The summed E-state index contributed by atoms with van der Waals surface area (Å²) in [5, 5.41) is 9.11. The number of rotatable bonds is 5. The second kappa shape index (κ2) is 4.01. The van der Waals surface area contributed by atoms with Crippen molar-refractivity contribution < 1.29 is 13.5 Å². The molecule has 0 aromatic rings. The predicted octanol–water partition coefficient (Wildman–Crippen LogP) is -0.314. The van der Waals surface area contributed by atoms with Crippen molar-refractivity contribution in [3.63, 3.8) is 0 Å². The minimum atomic E-state index is -3.28. The van der Waals surface area contributed by atoms with Gasteiger partial charge in [-0.3, -0.25) is 0 Å². The van der Waals surface area contributed by atoms with E-state index < -0.39 is 10.2 Å². The van der Waals surface area contributed by atoms with E-state index in [2.05, 4.69) is 4.72 Å². The third-order valence-electron chi connectivity index (χ3n) is 3.03. The van der Waals surface area contributed by atoms with Gasteiger partial charge >= 0.3 is 0 Å². The Balaban J connectivity index is 1.80. The molecule has 2 rings (SSSR count). The Kier molecular flexibility index (Phi) is 3.03. The van der Waals surface area contributed by atoms with Crippen molar-refractivity contribution >= 4 is 10.2 Å². The second-order valence-corrected chi connectivity index (χ2v) is 6.48. The van der Waals surface area contributed by atoms with Crippen molar-refractivity contribution in [2.24, 2.45) is 5.92 Å². The van der Waals surface area contributed by atoms with E-state index in [0.29, 0.717) is 12.5 Å². The molecule has 2 aliphatic rings. The van der Waals surface area contributed by atoms with Gasteiger partial charge in [0.25, 0.3) is 10.2 Å². The highest BCUT2D eigenvalue weighted by atomic mass is 32.2. The first kappa shape index (κ1) is 11.3. The van der Waals surface area contributed by atoms with Crippen LogP contribution in [0, 0.1) is 5.92 Å². The Morgan fingerprint density at radius 3 is 2.47 bits per heavy atom. The van der Waals surface area contributed by atoms with E-state index in [1.54, 1.807) is 7.05 Å². The molecule has 0 amide bonds. The molecule has 15 heavy (non-hydrogen) atoms. The molecule has 0 bridgehead atoms. The molecule has 6 heteroatoms. The molecule has 0 radical (unpaired) electrons. The number of hydrogen-bond acceptors (Lipinski definition) is 3. The lowest BCUT2D eigenvalue weighted by atomic mass is 9.82. The molecular formula is C9H18N2O3S. The number of aliphatic hydroxyl groups is 1. The average molecular weight is 234 g/mol. The third-order valence-corrected chi connectivity index (χ3v) is 4.63. The van der Waals surface area contributed by atoms with E-state index in [4.69, 9.17) is 5.11 Å². The van der Waals surface area contributed by atoms with Gasteiger partial charge in [-0.25, -0.2) is 0 Å². The monoisotopic (exact) mass is 234 g/mol. The van der Waals surface area contributed by atoms with Gasteiger partial charge in [-0.15, -0.1) is 0 Å². The highest BCUT2D eigenvalue weighted by molar-refractivity contribution is 7.87. The Morgan fingerprint density at radius 2 is 2.00 bits per heavy atom. The molecule has 88 valence electrons. The summed E-state index contributed by atoms with van der Waals surface area (Å²) in [6, 6.07) is 0.157. The summed E-state index contributed by atoms with van der Waals surface area (Å²) in [7, 11) is -1.69. The number of nitrogens with zero attached hydrogens (tertiary/aromatic N) is 1. The van der Waals surface area contributed by atoms with Crippen LogP contribution >= 0.6 is 0 Å². The zero-order valence-electron chi connectivity index (χ0n) is 8.89. The molecule has 2 aliphatic carbocycles. The Labute approximate surface area is 90.6 Å². The zero-order valence-corrected chi connectivity index (χ0v) is 9.70. The number of hydrogen-bond donors (Lipinski definition) is 2. The molecule has 0 aliphatic heterocycles. The van der Waals surface area contributed by atoms with E-state index in [9.17, 15) is 8.42 Å². The first-order valence-corrected chi connectivity index (χ1v) is 6.83. The lowest BCUT2D eigenvalue weighted by Crippen LogP contribution is -2.44. The largest absolute Gasteiger partial charge is 0.393 e. The van der Waals surface area contributed by atoms with Crippen molar-refractivity contribution in [1.29, 1.82) is 0 Å². The van der Waals surface area contributed by atoms with Gasteiger partial charge in [-0.1, -0.05) is 0 Å². The Hall–Kier alpha value is -0.170. The fourth-order valence-corrected chi connectivity index (χ4v) is 3.06. The average Bonchev–Trinajstić information content (AvgIpc) is 2.84. The van der Waals surface area contributed by atoms with Crippen LogP contribution in [0.2, 0.25) is 0 Å². The van der Waals surface area contributed by atoms with Crippen LogP contribution in [0.15, 0.2) is 0 Å². The van der Waals surface area contributed by atoms with Gasteiger partial charge < -0.3 is 5.11 Å². The van der Waals surface area contributed by atoms with Crippen LogP contribution in [0.3, 0.4) is 0 Å². The summed E-state index contributed by atoms with van der Waals surface area (Å²) < 4.78 is 27.4. The minimum absolute atomic E-state index is 0.157. The first-order valence-electron chi connectivity index (χ1n) is 5.39. The molecule has 0 atom stereocenters. The minimum Gasteiger partial charge on any atom is -0.393 e. The summed E-state index contributed by atoms with van der Waals surface area (Å²) in [6.07, 6.45) is 3.14. The summed E-state index contributed by atoms with van der Waals surface area (Å²) in [4.78, 5) is 0. The topological polar surface area (TPSA) is 69.6 Å². The van der Waals surface area contributed by atoms with Crippen LogP contribution in [-0.2, 0) is 10.2 Å². The summed E-state index contributed by atoms with van der Waals surface area (Å²) in [5.74, 6) is 0.320. The van der Waals surface area contributed by atoms with Gasteiger partial charge in [-0.05, 0) is 31.6 Å². The lowest BCUT2D eigenvalue weighted by Gasteiger charge is -2.34. The highest BCUT2D eigenvalue weighted by Gasteiger charge is 2.33. The standard InChI is InChI=1S/C9H18N2O3S/c1-11(6-7-4-9(12)5-7)15(13,14)10-8-2-3-8/h7-10,12H,2-6H2,1H3. The van der Waals surface area contributed by atoms with E-state index in [-0.39, 0.29) is 12.1 Å². The maximum atomic E-state index is 11.7. The van der Waals surface area contributed by atoms with Crippen molar-refractivity contribution in [2.45, 2.75) is 37.8 Å². The fourth-order valence-electron chi connectivity index (χ4n) is 1.81. The molecule has 2 fully saturated rings. The van der Waals surface area contributed by atoms with Crippen LogP contribution in [-0.4, -0.2) is 43.6 Å². The molecule has 0 unspecified atom stereocenters. The molecular weight excluding hydrogens is 216 g/mol. The maximum absolute atomic E-state index is 11.7. The summed E-state index contributed by atoms with van der Waals surface area (Å²) in [6.45, 7) is 0.513. The molecule has 0 aromatic carbocycles. The maximum Gasteiger partial charge on any atom is 0.279 e. The van der Waals surface area contributed by atoms with Crippen molar-refractivity contribution in [3.05, 3.63) is 0 Å². The summed E-state index contributed by atoms with van der Waals surface area (Å²) in [5.41, 5.74) is 0. The second-order valence-electron chi connectivity index (χ2n) is 4.67. The van der Waals surface area contributed by atoms with E-state index in [1.807, 2.05) is 0 Å². The van der Waals surface area contributed by atoms with Gasteiger partial charge in [0.2, 0.25) is 0 Å².